The van der Waals surface area contributed by atoms with Gasteiger partial charge in [0.05, 0.1) is 25.5 Å². The number of likely N-dealkylation sites (N-methyl/N-ethyl adjacent to an activating group) is 1. The van der Waals surface area contributed by atoms with Crippen molar-refractivity contribution >= 4 is 17.8 Å². The maximum absolute atomic E-state index is 11.3. The lowest BCUT2D eigenvalue weighted by atomic mass is 10.1. The summed E-state index contributed by atoms with van der Waals surface area (Å²) in [6.45, 7) is 4.78. The van der Waals surface area contributed by atoms with E-state index in [1.54, 1.807) is 24.4 Å². The molecule has 1 aromatic carbocycles. The van der Waals surface area contributed by atoms with Crippen molar-refractivity contribution in [2.75, 3.05) is 51.4 Å². The van der Waals surface area contributed by atoms with Gasteiger partial charge in [-0.15, -0.1) is 0 Å². The molecule has 1 saturated heterocycles. The lowest BCUT2D eigenvalue weighted by Gasteiger charge is -2.29. The second-order valence-electron chi connectivity index (χ2n) is 6.67. The van der Waals surface area contributed by atoms with Gasteiger partial charge in [0.15, 0.2) is 0 Å². The number of nitrogens with one attached hydrogen (secondary N) is 1. The van der Waals surface area contributed by atoms with E-state index < -0.39 is 5.91 Å². The van der Waals surface area contributed by atoms with E-state index in [2.05, 4.69) is 20.2 Å². The van der Waals surface area contributed by atoms with Gasteiger partial charge < -0.3 is 25.4 Å². The second kappa shape index (κ2) is 10.5. The van der Waals surface area contributed by atoms with Crippen LogP contribution in [0.4, 0.5) is 5.69 Å². The van der Waals surface area contributed by atoms with Crippen LogP contribution in [0.25, 0.3) is 0 Å². The van der Waals surface area contributed by atoms with Gasteiger partial charge in [0.2, 0.25) is 11.8 Å². The Morgan fingerprint density at radius 3 is 2.93 bits per heavy atom. The highest BCUT2D eigenvalue weighted by atomic mass is 16.5. The Labute approximate surface area is 170 Å². The lowest BCUT2D eigenvalue weighted by molar-refractivity contribution is 0.1000. The van der Waals surface area contributed by atoms with Gasteiger partial charge >= 0.3 is 0 Å². The van der Waals surface area contributed by atoms with Gasteiger partial charge in [-0.25, -0.2) is 4.98 Å². The van der Waals surface area contributed by atoms with E-state index in [-0.39, 0.29) is 0 Å². The summed E-state index contributed by atoms with van der Waals surface area (Å²) in [4.78, 5) is 22.6. The Kier molecular flexibility index (Phi) is 7.54. The van der Waals surface area contributed by atoms with E-state index in [1.807, 2.05) is 25.2 Å². The highest BCUT2D eigenvalue weighted by molar-refractivity contribution is 5.92. The van der Waals surface area contributed by atoms with Crippen molar-refractivity contribution in [1.29, 1.82) is 0 Å². The Hall–Kier alpha value is -2.97. The topological polar surface area (TPSA) is 102 Å². The molecule has 154 valence electrons. The molecule has 1 fully saturated rings. The fourth-order valence-electron chi connectivity index (χ4n) is 2.98. The van der Waals surface area contributed by atoms with Gasteiger partial charge in [-0.05, 0) is 30.8 Å². The average molecular weight is 397 g/mol. The molecular weight excluding hydrogens is 370 g/mol. The van der Waals surface area contributed by atoms with E-state index in [0.717, 1.165) is 36.6 Å². The fourth-order valence-corrected chi connectivity index (χ4v) is 2.98. The summed E-state index contributed by atoms with van der Waals surface area (Å²) >= 11 is 0. The quantitative estimate of drug-likeness (QED) is 0.488. The molecule has 1 aliphatic heterocycles. The number of amides is 1. The third-order valence-corrected chi connectivity index (χ3v) is 4.49. The minimum absolute atomic E-state index is 0.431. The van der Waals surface area contributed by atoms with Crippen molar-refractivity contribution in [3.63, 3.8) is 0 Å². The van der Waals surface area contributed by atoms with Crippen LogP contribution in [0.5, 0.6) is 5.88 Å². The normalized spacial score (nSPS) is 14.3. The summed E-state index contributed by atoms with van der Waals surface area (Å²) in [5, 5.41) is 3.06. The van der Waals surface area contributed by atoms with Crippen molar-refractivity contribution in [3.05, 3.63) is 53.2 Å². The standard InChI is InChI=1S/C21H27N5O3/c1-23-5-8-29-20-13-19(26-6-9-28-10-7-26)12-18(25-20)15-24-14-16-3-2-4-17(11-16)21(22)27/h2-4,11-13,15,23H,5-10,14H2,1H3,(H2,22,27). The number of nitrogens with zero attached hydrogens (tertiary/aromatic N) is 3. The van der Waals surface area contributed by atoms with Crippen molar-refractivity contribution < 1.29 is 14.3 Å². The fraction of sp³-hybridized carbons (Fsp3) is 0.381. The van der Waals surface area contributed by atoms with Crippen LogP contribution in [0.1, 0.15) is 21.6 Å². The second-order valence-corrected chi connectivity index (χ2v) is 6.67. The van der Waals surface area contributed by atoms with Crippen LogP contribution in [0.2, 0.25) is 0 Å². The summed E-state index contributed by atoms with van der Waals surface area (Å²) in [7, 11) is 1.88. The number of carbonyl (C=O) groups is 1. The zero-order chi connectivity index (χ0) is 20.5. The van der Waals surface area contributed by atoms with E-state index in [4.69, 9.17) is 15.2 Å². The molecular formula is C21H27N5O3. The molecule has 3 N–H and O–H groups in total. The summed E-state index contributed by atoms with van der Waals surface area (Å²) < 4.78 is 11.2. The van der Waals surface area contributed by atoms with Crippen LogP contribution in [-0.4, -0.2) is 63.6 Å². The number of morpholine rings is 1. The van der Waals surface area contributed by atoms with Crippen LogP contribution >= 0.6 is 0 Å². The molecule has 1 aromatic heterocycles. The van der Waals surface area contributed by atoms with E-state index in [0.29, 0.717) is 37.8 Å². The van der Waals surface area contributed by atoms with Gasteiger partial charge in [-0.3, -0.25) is 9.79 Å². The molecule has 8 heteroatoms. The predicted molar refractivity (Wildman–Crippen MR) is 113 cm³/mol. The number of anilines is 1. The first-order chi connectivity index (χ1) is 14.2. The smallest absolute Gasteiger partial charge is 0.248 e. The number of hydrogen-bond acceptors (Lipinski definition) is 7. The lowest BCUT2D eigenvalue weighted by Crippen LogP contribution is -2.36. The van der Waals surface area contributed by atoms with Gasteiger partial charge in [0.1, 0.15) is 6.61 Å². The Bertz CT molecular complexity index is 850. The van der Waals surface area contributed by atoms with Gasteiger partial charge in [0, 0.05) is 43.2 Å². The SMILES string of the molecule is CNCCOc1cc(N2CCOCC2)cc(C=NCc2cccc(C(N)=O)c2)n1. The Morgan fingerprint density at radius 1 is 1.34 bits per heavy atom. The Balaban J connectivity index is 1.75. The highest BCUT2D eigenvalue weighted by Gasteiger charge is 2.13. The summed E-state index contributed by atoms with van der Waals surface area (Å²) in [5.41, 5.74) is 8.49. The summed E-state index contributed by atoms with van der Waals surface area (Å²) in [6.07, 6.45) is 1.73. The van der Waals surface area contributed by atoms with Gasteiger partial charge in [-0.1, -0.05) is 12.1 Å². The van der Waals surface area contributed by atoms with Crippen molar-refractivity contribution in [1.82, 2.24) is 10.3 Å². The first kappa shape index (κ1) is 20.8. The molecule has 0 unspecified atom stereocenters. The number of aromatic nitrogens is 1. The van der Waals surface area contributed by atoms with Crippen LogP contribution in [0.3, 0.4) is 0 Å². The van der Waals surface area contributed by atoms with Crippen LogP contribution in [0.15, 0.2) is 41.4 Å². The highest BCUT2D eigenvalue weighted by Crippen LogP contribution is 2.22. The zero-order valence-corrected chi connectivity index (χ0v) is 16.6. The van der Waals surface area contributed by atoms with Crippen molar-refractivity contribution in [3.8, 4) is 5.88 Å². The number of carbonyl (C=O) groups excluding carboxylic acids is 1. The molecule has 2 heterocycles. The molecule has 0 spiro atoms. The average Bonchev–Trinajstić information content (AvgIpc) is 2.75. The summed E-state index contributed by atoms with van der Waals surface area (Å²) in [5.74, 6) is 0.125. The molecule has 1 amide bonds. The van der Waals surface area contributed by atoms with Crippen molar-refractivity contribution in [2.24, 2.45) is 10.7 Å². The van der Waals surface area contributed by atoms with Gasteiger partial charge in [-0.2, -0.15) is 0 Å². The third-order valence-electron chi connectivity index (χ3n) is 4.49. The van der Waals surface area contributed by atoms with E-state index in [9.17, 15) is 4.79 Å². The largest absolute Gasteiger partial charge is 0.476 e. The number of benzene rings is 1. The minimum Gasteiger partial charge on any atom is -0.476 e. The molecule has 2 aromatic rings. The molecule has 1 aliphatic rings. The maximum atomic E-state index is 11.3. The van der Waals surface area contributed by atoms with E-state index in [1.165, 1.54) is 0 Å². The third kappa shape index (κ3) is 6.27. The molecule has 0 radical (unpaired) electrons. The number of pyridine rings is 1. The molecule has 29 heavy (non-hydrogen) atoms. The van der Waals surface area contributed by atoms with Crippen LogP contribution < -0.4 is 20.7 Å². The van der Waals surface area contributed by atoms with E-state index >= 15 is 0 Å². The van der Waals surface area contributed by atoms with Gasteiger partial charge in [0.25, 0.3) is 0 Å². The first-order valence-electron chi connectivity index (χ1n) is 9.66. The molecule has 0 aliphatic carbocycles. The number of nitrogens with two attached hydrogens (primary N) is 1. The van der Waals surface area contributed by atoms with Crippen molar-refractivity contribution in [2.45, 2.75) is 6.54 Å². The zero-order valence-electron chi connectivity index (χ0n) is 16.6. The number of aliphatic imine (C=N–C) groups is 1. The first-order valence-corrected chi connectivity index (χ1v) is 9.66. The number of rotatable bonds is 9. The monoisotopic (exact) mass is 397 g/mol. The Morgan fingerprint density at radius 2 is 2.17 bits per heavy atom. The van der Waals surface area contributed by atoms with Crippen LogP contribution in [0, 0.1) is 0 Å². The number of ether oxygens (including phenoxy) is 2. The number of primary amides is 1. The number of hydrogen-bond donors (Lipinski definition) is 2. The van der Waals surface area contributed by atoms with Crippen LogP contribution in [-0.2, 0) is 11.3 Å². The molecule has 3 rings (SSSR count). The minimum atomic E-state index is -0.445. The maximum Gasteiger partial charge on any atom is 0.248 e. The molecule has 0 bridgehead atoms. The molecule has 0 saturated carbocycles. The summed E-state index contributed by atoms with van der Waals surface area (Å²) in [6, 6.07) is 11.1. The predicted octanol–water partition coefficient (Wildman–Crippen LogP) is 1.23. The molecule has 0 atom stereocenters. The molecule has 8 nitrogen and oxygen atoms in total.